The molecular formula is C21H29N5O. The molecule has 6 nitrogen and oxygen atoms in total. The number of piperazine rings is 1. The van der Waals surface area contributed by atoms with Crippen LogP contribution in [0.1, 0.15) is 31.7 Å². The molecule has 0 saturated carbocycles. The first-order valence-electron chi connectivity index (χ1n) is 9.77. The van der Waals surface area contributed by atoms with Crippen molar-refractivity contribution in [1.29, 1.82) is 0 Å². The summed E-state index contributed by atoms with van der Waals surface area (Å²) in [5.41, 5.74) is 1.28. The van der Waals surface area contributed by atoms with E-state index in [1.165, 1.54) is 5.56 Å². The molecule has 0 aliphatic carbocycles. The largest absolute Gasteiger partial charge is 0.354 e. The molecule has 1 aliphatic rings. The lowest BCUT2D eigenvalue weighted by atomic mass is 9.96. The van der Waals surface area contributed by atoms with Gasteiger partial charge in [-0.15, -0.1) is 0 Å². The molecule has 3 rings (SSSR count). The molecule has 27 heavy (non-hydrogen) atoms. The standard InChI is InChI=1S/C21H29N5O/c1-3-18(19-8-5-4-6-9-19)16-24-20(27)17(2)25-12-14-26(15-13-25)21-22-10-7-11-23-21/h4-11,17-18H,3,12-16H2,1-2H3,(H,24,27)/t17-,18+/m0/s1. The van der Waals surface area contributed by atoms with Gasteiger partial charge in [-0.1, -0.05) is 37.3 Å². The maximum atomic E-state index is 12.7. The van der Waals surface area contributed by atoms with Crippen molar-refractivity contribution < 1.29 is 4.79 Å². The molecule has 1 fully saturated rings. The van der Waals surface area contributed by atoms with Gasteiger partial charge in [-0.25, -0.2) is 9.97 Å². The van der Waals surface area contributed by atoms with Gasteiger partial charge in [0, 0.05) is 51.0 Å². The number of hydrogen-bond acceptors (Lipinski definition) is 5. The lowest BCUT2D eigenvalue weighted by Crippen LogP contribution is -2.54. The molecule has 144 valence electrons. The van der Waals surface area contributed by atoms with Crippen molar-refractivity contribution in [2.45, 2.75) is 32.2 Å². The fourth-order valence-electron chi connectivity index (χ4n) is 3.52. The third-order valence-corrected chi connectivity index (χ3v) is 5.36. The summed E-state index contributed by atoms with van der Waals surface area (Å²) < 4.78 is 0. The SMILES string of the molecule is CC[C@H](CNC(=O)[C@H](C)N1CCN(c2ncccn2)CC1)c1ccccc1. The molecule has 1 N–H and O–H groups in total. The van der Waals surface area contributed by atoms with E-state index in [1.807, 2.05) is 19.1 Å². The summed E-state index contributed by atoms with van der Waals surface area (Å²) in [6.07, 6.45) is 4.54. The van der Waals surface area contributed by atoms with Crippen molar-refractivity contribution in [3.8, 4) is 0 Å². The Hall–Kier alpha value is -2.47. The van der Waals surface area contributed by atoms with E-state index in [-0.39, 0.29) is 11.9 Å². The summed E-state index contributed by atoms with van der Waals surface area (Å²) in [4.78, 5) is 25.7. The van der Waals surface area contributed by atoms with Gasteiger partial charge in [0.15, 0.2) is 0 Å². The van der Waals surface area contributed by atoms with Crippen LogP contribution >= 0.6 is 0 Å². The Morgan fingerprint density at radius 3 is 2.37 bits per heavy atom. The minimum Gasteiger partial charge on any atom is -0.354 e. The predicted octanol–water partition coefficient (Wildman–Crippen LogP) is 2.30. The zero-order valence-corrected chi connectivity index (χ0v) is 16.2. The van der Waals surface area contributed by atoms with Crippen molar-refractivity contribution in [1.82, 2.24) is 20.2 Å². The van der Waals surface area contributed by atoms with E-state index in [2.05, 4.69) is 56.3 Å². The summed E-state index contributed by atoms with van der Waals surface area (Å²) in [6.45, 7) is 8.19. The third kappa shape index (κ3) is 5.04. The lowest BCUT2D eigenvalue weighted by Gasteiger charge is -2.37. The van der Waals surface area contributed by atoms with Gasteiger partial charge in [-0.3, -0.25) is 9.69 Å². The van der Waals surface area contributed by atoms with Crippen molar-refractivity contribution in [3.63, 3.8) is 0 Å². The first-order chi connectivity index (χ1) is 13.2. The highest BCUT2D eigenvalue weighted by molar-refractivity contribution is 5.81. The lowest BCUT2D eigenvalue weighted by molar-refractivity contribution is -0.126. The van der Waals surface area contributed by atoms with Crippen LogP contribution in [0.2, 0.25) is 0 Å². The van der Waals surface area contributed by atoms with Crippen molar-refractivity contribution in [2.75, 3.05) is 37.6 Å². The Kier molecular flexibility index (Phi) is 6.76. The maximum Gasteiger partial charge on any atom is 0.237 e. The molecule has 1 amide bonds. The molecule has 0 spiro atoms. The number of benzene rings is 1. The number of aromatic nitrogens is 2. The molecule has 2 atom stereocenters. The van der Waals surface area contributed by atoms with E-state index in [4.69, 9.17) is 0 Å². The van der Waals surface area contributed by atoms with Crippen LogP contribution in [0.4, 0.5) is 5.95 Å². The average Bonchev–Trinajstić information content (AvgIpc) is 2.75. The highest BCUT2D eigenvalue weighted by atomic mass is 16.2. The number of amides is 1. The number of nitrogens with one attached hydrogen (secondary N) is 1. The molecule has 0 unspecified atom stereocenters. The minimum atomic E-state index is -0.128. The number of hydrogen-bond donors (Lipinski definition) is 1. The van der Waals surface area contributed by atoms with Gasteiger partial charge in [-0.2, -0.15) is 0 Å². The molecule has 0 bridgehead atoms. The normalized spacial score (nSPS) is 17.3. The summed E-state index contributed by atoms with van der Waals surface area (Å²) >= 11 is 0. The number of anilines is 1. The molecule has 6 heteroatoms. The monoisotopic (exact) mass is 367 g/mol. The number of rotatable bonds is 7. The summed E-state index contributed by atoms with van der Waals surface area (Å²) in [5.74, 6) is 1.23. The molecule has 1 aromatic carbocycles. The molecule has 1 saturated heterocycles. The third-order valence-electron chi connectivity index (χ3n) is 5.36. The maximum absolute atomic E-state index is 12.7. The fourth-order valence-corrected chi connectivity index (χ4v) is 3.52. The Bertz CT molecular complexity index is 701. The molecule has 1 aromatic heterocycles. The van der Waals surface area contributed by atoms with Crippen LogP contribution in [0.15, 0.2) is 48.8 Å². The van der Waals surface area contributed by atoms with Crippen LogP contribution in [-0.2, 0) is 4.79 Å². The second-order valence-electron chi connectivity index (χ2n) is 7.01. The van der Waals surface area contributed by atoms with Gasteiger partial charge in [0.25, 0.3) is 0 Å². The minimum absolute atomic E-state index is 0.105. The number of nitrogens with zero attached hydrogens (tertiary/aromatic N) is 4. The van der Waals surface area contributed by atoms with Crippen LogP contribution in [-0.4, -0.2) is 59.5 Å². The van der Waals surface area contributed by atoms with Crippen molar-refractivity contribution in [2.24, 2.45) is 0 Å². The van der Waals surface area contributed by atoms with E-state index in [1.54, 1.807) is 12.4 Å². The number of carbonyl (C=O) groups is 1. The summed E-state index contributed by atoms with van der Waals surface area (Å²) in [7, 11) is 0. The Morgan fingerprint density at radius 2 is 1.74 bits per heavy atom. The zero-order valence-electron chi connectivity index (χ0n) is 16.2. The second kappa shape index (κ2) is 9.46. The highest BCUT2D eigenvalue weighted by Gasteiger charge is 2.26. The molecule has 2 aromatic rings. The quantitative estimate of drug-likeness (QED) is 0.814. The molecular weight excluding hydrogens is 338 g/mol. The highest BCUT2D eigenvalue weighted by Crippen LogP contribution is 2.18. The smallest absolute Gasteiger partial charge is 0.237 e. The van der Waals surface area contributed by atoms with Crippen molar-refractivity contribution in [3.05, 3.63) is 54.4 Å². The van der Waals surface area contributed by atoms with Gasteiger partial charge in [-0.05, 0) is 25.0 Å². The first kappa shape index (κ1) is 19.3. The van der Waals surface area contributed by atoms with Crippen LogP contribution in [0.5, 0.6) is 0 Å². The van der Waals surface area contributed by atoms with Crippen LogP contribution in [0, 0.1) is 0 Å². The van der Waals surface area contributed by atoms with E-state index in [0.29, 0.717) is 12.5 Å². The predicted molar refractivity (Wildman–Crippen MR) is 108 cm³/mol. The Labute approximate surface area is 161 Å². The summed E-state index contributed by atoms with van der Waals surface area (Å²) in [5, 5.41) is 3.15. The van der Waals surface area contributed by atoms with E-state index < -0.39 is 0 Å². The van der Waals surface area contributed by atoms with E-state index in [9.17, 15) is 4.79 Å². The fraction of sp³-hybridized carbons (Fsp3) is 0.476. The van der Waals surface area contributed by atoms with E-state index in [0.717, 1.165) is 38.5 Å². The topological polar surface area (TPSA) is 61.4 Å². The van der Waals surface area contributed by atoms with Gasteiger partial charge < -0.3 is 10.2 Å². The van der Waals surface area contributed by atoms with Gasteiger partial charge in [0.1, 0.15) is 0 Å². The van der Waals surface area contributed by atoms with Crippen LogP contribution in [0.3, 0.4) is 0 Å². The van der Waals surface area contributed by atoms with Crippen LogP contribution < -0.4 is 10.2 Å². The average molecular weight is 367 g/mol. The molecule has 2 heterocycles. The van der Waals surface area contributed by atoms with Crippen LogP contribution in [0.25, 0.3) is 0 Å². The Morgan fingerprint density at radius 1 is 1.07 bits per heavy atom. The van der Waals surface area contributed by atoms with Gasteiger partial charge in [0.2, 0.25) is 11.9 Å². The molecule has 1 aliphatic heterocycles. The first-order valence-corrected chi connectivity index (χ1v) is 9.77. The number of carbonyl (C=O) groups excluding carboxylic acids is 1. The Balaban J connectivity index is 1.48. The molecule has 0 radical (unpaired) electrons. The second-order valence-corrected chi connectivity index (χ2v) is 7.01. The van der Waals surface area contributed by atoms with Gasteiger partial charge in [0.05, 0.1) is 6.04 Å². The summed E-state index contributed by atoms with van der Waals surface area (Å²) in [6, 6.07) is 12.1. The zero-order chi connectivity index (χ0) is 19.1. The van der Waals surface area contributed by atoms with Crippen molar-refractivity contribution >= 4 is 11.9 Å². The van der Waals surface area contributed by atoms with Gasteiger partial charge >= 0.3 is 0 Å². The van der Waals surface area contributed by atoms with E-state index >= 15 is 0 Å².